The number of hydrogen-bond donors (Lipinski definition) is 0. The van der Waals surface area contributed by atoms with Crippen LogP contribution < -0.4 is 4.84 Å². The van der Waals surface area contributed by atoms with Crippen LogP contribution in [0.4, 0.5) is 0 Å². The van der Waals surface area contributed by atoms with Crippen LogP contribution in [0.25, 0.3) is 10.9 Å². The van der Waals surface area contributed by atoms with Crippen molar-refractivity contribution in [1.82, 2.24) is 9.94 Å². The predicted molar refractivity (Wildman–Crippen MR) is 163 cm³/mol. The van der Waals surface area contributed by atoms with Crippen molar-refractivity contribution in [1.29, 1.82) is 0 Å². The number of benzene rings is 1. The van der Waals surface area contributed by atoms with Crippen molar-refractivity contribution >= 4 is 34.8 Å². The minimum Gasteiger partial charge on any atom is -0.462 e. The SMILES string of the molecule is [2H]CC(C)(C)C(=O)OC[C@H]1OC(On2ncc3ccccc32)[C@H](OC(=O)C(C)(C)C[2H])[C@@H](OC(=O)C(C)(C)C[2H])[C@@H]1OC(=O)C(C)(C)C[2H]. The second-order valence-electron chi connectivity index (χ2n) is 14.0. The van der Waals surface area contributed by atoms with E-state index < -0.39 is 82.8 Å². The van der Waals surface area contributed by atoms with Crippen molar-refractivity contribution in [3.63, 3.8) is 0 Å². The summed E-state index contributed by atoms with van der Waals surface area (Å²) in [5, 5.41) is 4.95. The molecule has 0 N–H and O–H groups in total. The van der Waals surface area contributed by atoms with E-state index in [0.717, 1.165) is 4.85 Å². The minimum atomic E-state index is -1.66. The highest BCUT2D eigenvalue weighted by Crippen LogP contribution is 2.34. The summed E-state index contributed by atoms with van der Waals surface area (Å²) in [5.74, 6) is -3.42. The van der Waals surface area contributed by atoms with Gasteiger partial charge in [0.15, 0.2) is 12.2 Å². The van der Waals surface area contributed by atoms with E-state index in [1.54, 1.807) is 24.3 Å². The Hall–Kier alpha value is -3.67. The van der Waals surface area contributed by atoms with Crippen molar-refractivity contribution in [2.24, 2.45) is 21.7 Å². The van der Waals surface area contributed by atoms with E-state index in [0.29, 0.717) is 10.9 Å². The fourth-order valence-corrected chi connectivity index (χ4v) is 3.83. The van der Waals surface area contributed by atoms with Crippen LogP contribution in [0, 0.1) is 21.7 Å². The summed E-state index contributed by atoms with van der Waals surface area (Å²) >= 11 is 0. The Morgan fingerprint density at radius 2 is 1.24 bits per heavy atom. The van der Waals surface area contributed by atoms with Gasteiger partial charge in [-0.2, -0.15) is 0 Å². The van der Waals surface area contributed by atoms with E-state index in [1.807, 2.05) is 0 Å². The molecule has 45 heavy (non-hydrogen) atoms. The fraction of sp³-hybridized carbons (Fsp3) is 0.667. The van der Waals surface area contributed by atoms with Gasteiger partial charge in [-0.05, 0) is 89.1 Å². The number of rotatable bonds is 7. The van der Waals surface area contributed by atoms with E-state index in [9.17, 15) is 19.2 Å². The maximum Gasteiger partial charge on any atom is 0.311 e. The summed E-state index contributed by atoms with van der Waals surface area (Å²) in [4.78, 5) is 60.8. The first-order valence-electron chi connectivity index (χ1n) is 17.3. The number of esters is 4. The number of carbonyl (C=O) groups excluding carboxylic acids is 4. The molecule has 1 unspecified atom stereocenters. The molecule has 0 aliphatic carbocycles. The maximum absolute atomic E-state index is 13.6. The molecule has 2 heterocycles. The lowest BCUT2D eigenvalue weighted by Gasteiger charge is -2.45. The van der Waals surface area contributed by atoms with Gasteiger partial charge in [0.25, 0.3) is 6.29 Å². The molecule has 12 nitrogen and oxygen atoms in total. The minimum absolute atomic E-state index is 0.294. The fourth-order valence-electron chi connectivity index (χ4n) is 3.83. The molecule has 1 aromatic carbocycles. The van der Waals surface area contributed by atoms with E-state index in [1.165, 1.54) is 61.6 Å². The van der Waals surface area contributed by atoms with Gasteiger partial charge in [-0.1, -0.05) is 23.0 Å². The first-order valence-corrected chi connectivity index (χ1v) is 14.5. The summed E-state index contributed by atoms with van der Waals surface area (Å²) < 4.78 is 61.1. The van der Waals surface area contributed by atoms with Crippen molar-refractivity contribution in [3.05, 3.63) is 30.5 Å². The highest BCUT2D eigenvalue weighted by atomic mass is 16.8. The first-order chi connectivity index (χ1) is 22.7. The topological polar surface area (TPSA) is 141 Å². The molecule has 250 valence electrons. The Labute approximate surface area is 270 Å². The Morgan fingerprint density at radius 1 is 0.756 bits per heavy atom. The standard InChI is InChI=1S/C33H48N2O10/c1-30(2,3)26(36)40-18-21-22(42-27(37)31(4,5)6)23(43-28(38)32(7,8)9)24(44-29(39)33(10,11)12)25(41-21)45-35-20-16-14-13-15-19(20)17-34-35/h13-17,21-25H,18H2,1-12H3/t21-,22-,23+,24-,25?/m1/s1/i1D,4D,7D,10D. The Balaban J connectivity index is 2.22. The Morgan fingerprint density at radius 3 is 1.80 bits per heavy atom. The van der Waals surface area contributed by atoms with E-state index >= 15 is 0 Å². The zero-order valence-electron chi connectivity index (χ0n) is 31.3. The second-order valence-corrected chi connectivity index (χ2v) is 14.0. The molecule has 0 saturated carbocycles. The van der Waals surface area contributed by atoms with E-state index in [2.05, 4.69) is 5.10 Å². The molecule has 0 spiro atoms. The van der Waals surface area contributed by atoms with Gasteiger partial charge in [0, 0.05) is 10.9 Å². The van der Waals surface area contributed by atoms with E-state index in [-0.39, 0.29) is 27.6 Å². The van der Waals surface area contributed by atoms with Crippen LogP contribution in [0.2, 0.25) is 0 Å². The number of ether oxygens (including phenoxy) is 5. The van der Waals surface area contributed by atoms with Crippen LogP contribution in [0.3, 0.4) is 0 Å². The molecule has 0 bridgehead atoms. The van der Waals surface area contributed by atoms with Gasteiger partial charge in [-0.25, -0.2) is 0 Å². The molecule has 1 aliphatic rings. The van der Waals surface area contributed by atoms with Crippen LogP contribution in [-0.4, -0.2) is 71.1 Å². The van der Waals surface area contributed by atoms with Crippen LogP contribution in [0.1, 0.15) is 88.5 Å². The number of para-hydroxylation sites is 1. The lowest BCUT2D eigenvalue weighted by Crippen LogP contribution is -2.65. The molecule has 1 aromatic heterocycles. The van der Waals surface area contributed by atoms with Crippen LogP contribution in [-0.2, 0) is 42.9 Å². The van der Waals surface area contributed by atoms with E-state index in [4.69, 9.17) is 34.0 Å². The number of hydrogen-bond acceptors (Lipinski definition) is 11. The number of nitrogens with zero attached hydrogens (tertiary/aromatic N) is 2. The van der Waals surface area contributed by atoms with Crippen molar-refractivity contribution in [3.8, 4) is 0 Å². The third-order valence-corrected chi connectivity index (χ3v) is 6.56. The van der Waals surface area contributed by atoms with Crippen LogP contribution >= 0.6 is 0 Å². The summed E-state index contributed by atoms with van der Waals surface area (Å²) in [6, 6.07) is 7.03. The van der Waals surface area contributed by atoms with Gasteiger partial charge in [-0.3, -0.25) is 19.2 Å². The molecule has 1 aliphatic heterocycles. The molecule has 5 atom stereocenters. The molecule has 12 heteroatoms. The molecule has 0 amide bonds. The van der Waals surface area contributed by atoms with Crippen molar-refractivity contribution in [2.45, 2.75) is 114 Å². The quantitative estimate of drug-likeness (QED) is 0.310. The molecule has 1 fully saturated rings. The van der Waals surface area contributed by atoms with Gasteiger partial charge in [0.2, 0.25) is 6.10 Å². The Kier molecular flexibility index (Phi) is 8.66. The Bertz CT molecular complexity index is 1490. The summed E-state index contributed by atoms with van der Waals surface area (Å²) in [7, 11) is 0. The molecule has 3 rings (SSSR count). The lowest BCUT2D eigenvalue weighted by atomic mass is 9.93. The highest BCUT2D eigenvalue weighted by Gasteiger charge is 2.56. The molecule has 2 aromatic rings. The zero-order valence-corrected chi connectivity index (χ0v) is 27.3. The number of fused-ring (bicyclic) bond motifs is 1. The zero-order chi connectivity index (χ0) is 36.9. The molecular formula is C33H48N2O10. The summed E-state index contributed by atoms with van der Waals surface area (Å²) in [5.41, 5.74) is -4.76. The smallest absolute Gasteiger partial charge is 0.311 e. The average Bonchev–Trinajstić information content (AvgIpc) is 3.48. The third-order valence-electron chi connectivity index (χ3n) is 6.56. The normalized spacial score (nSPS) is 24.0. The highest BCUT2D eigenvalue weighted by molar-refractivity contribution is 5.79. The monoisotopic (exact) mass is 636 g/mol. The van der Waals surface area contributed by atoms with Crippen molar-refractivity contribution < 1.29 is 53.2 Å². The molecule has 1 saturated heterocycles. The maximum atomic E-state index is 13.6. The van der Waals surface area contributed by atoms with Gasteiger partial charge in [0.1, 0.15) is 18.2 Å². The number of aromatic nitrogens is 2. The summed E-state index contributed by atoms with van der Waals surface area (Å²) in [6.45, 7) is 9.91. The van der Waals surface area contributed by atoms with Crippen LogP contribution in [0.15, 0.2) is 30.5 Å². The molecule has 0 radical (unpaired) electrons. The van der Waals surface area contributed by atoms with Gasteiger partial charge in [0.05, 0.1) is 27.9 Å². The lowest BCUT2D eigenvalue weighted by molar-refractivity contribution is -0.313. The largest absolute Gasteiger partial charge is 0.462 e. The molecular weight excluding hydrogens is 584 g/mol. The average molecular weight is 637 g/mol. The second kappa shape index (κ2) is 13.0. The van der Waals surface area contributed by atoms with Gasteiger partial charge < -0.3 is 28.5 Å². The summed E-state index contributed by atoms with van der Waals surface area (Å²) in [6.07, 6.45) is -6.42. The van der Waals surface area contributed by atoms with Gasteiger partial charge >= 0.3 is 23.9 Å². The number of carbonyl (C=O) groups is 4. The third kappa shape index (κ3) is 8.96. The van der Waals surface area contributed by atoms with Crippen molar-refractivity contribution in [2.75, 3.05) is 6.61 Å². The first kappa shape index (κ1) is 30.0. The van der Waals surface area contributed by atoms with Crippen LogP contribution in [0.5, 0.6) is 0 Å². The van der Waals surface area contributed by atoms with Gasteiger partial charge in [-0.15, -0.1) is 5.10 Å². The predicted octanol–water partition coefficient (Wildman–Crippen LogP) is 4.65.